The normalized spacial score (nSPS) is 17.3. The third-order valence-corrected chi connectivity index (χ3v) is 5.16. The minimum absolute atomic E-state index is 0.0281. The first kappa shape index (κ1) is 18.4. The van der Waals surface area contributed by atoms with Crippen molar-refractivity contribution in [2.45, 2.75) is 25.6 Å². The van der Waals surface area contributed by atoms with Gasteiger partial charge < -0.3 is 14.8 Å². The first-order valence-electron chi connectivity index (χ1n) is 8.99. The molecule has 146 valence electrons. The molecular formula is C21H19F3N2O2. The van der Waals surface area contributed by atoms with Crippen molar-refractivity contribution in [1.29, 1.82) is 0 Å². The standard InChI is InChI=1S/C21H19F3N2O2/c22-15-11-17(24)16(23)10-14(15)20-18-5-2-7-25(18)8-3-9-26(20)12-13-4-1-6-19(27)21(13)28/h1-2,4-7,10-11,20,27-28H,3,8-9,12H2. The molecule has 0 radical (unpaired) electrons. The Balaban J connectivity index is 1.82. The summed E-state index contributed by atoms with van der Waals surface area (Å²) in [6.07, 6.45) is 2.62. The van der Waals surface area contributed by atoms with Crippen LogP contribution in [0.4, 0.5) is 13.2 Å². The second-order valence-corrected chi connectivity index (χ2v) is 6.93. The lowest BCUT2D eigenvalue weighted by atomic mass is 9.99. The highest BCUT2D eigenvalue weighted by Gasteiger charge is 2.31. The average molecular weight is 388 g/mol. The van der Waals surface area contributed by atoms with E-state index in [-0.39, 0.29) is 23.6 Å². The van der Waals surface area contributed by atoms with Crippen LogP contribution in [0, 0.1) is 17.5 Å². The summed E-state index contributed by atoms with van der Waals surface area (Å²) in [5.74, 6) is -3.66. The number of benzene rings is 2. The van der Waals surface area contributed by atoms with Crippen molar-refractivity contribution in [3.05, 3.63) is 82.9 Å². The van der Waals surface area contributed by atoms with Crippen LogP contribution in [0.3, 0.4) is 0 Å². The Morgan fingerprint density at radius 1 is 0.929 bits per heavy atom. The van der Waals surface area contributed by atoms with E-state index in [9.17, 15) is 23.4 Å². The zero-order valence-electron chi connectivity index (χ0n) is 14.9. The van der Waals surface area contributed by atoms with Crippen LogP contribution in [-0.2, 0) is 13.1 Å². The Labute approximate surface area is 160 Å². The molecule has 0 amide bonds. The molecule has 2 N–H and O–H groups in total. The third kappa shape index (κ3) is 3.22. The van der Waals surface area contributed by atoms with Crippen molar-refractivity contribution >= 4 is 0 Å². The summed E-state index contributed by atoms with van der Waals surface area (Å²) in [6, 6.07) is 9.09. The van der Waals surface area contributed by atoms with Gasteiger partial charge in [-0.2, -0.15) is 0 Å². The molecule has 0 saturated carbocycles. The maximum atomic E-state index is 14.7. The van der Waals surface area contributed by atoms with Crippen molar-refractivity contribution in [3.63, 3.8) is 0 Å². The SMILES string of the molecule is Oc1cccc(CN2CCCn3cccc3C2c2cc(F)c(F)cc2F)c1O. The molecule has 4 nitrogen and oxygen atoms in total. The summed E-state index contributed by atoms with van der Waals surface area (Å²) in [5.41, 5.74) is 1.25. The van der Waals surface area contributed by atoms with Gasteiger partial charge in [-0.15, -0.1) is 0 Å². The summed E-state index contributed by atoms with van der Waals surface area (Å²) in [7, 11) is 0. The predicted octanol–water partition coefficient (Wildman–Crippen LogP) is 4.31. The fraction of sp³-hybridized carbons (Fsp3) is 0.238. The van der Waals surface area contributed by atoms with Gasteiger partial charge in [0.25, 0.3) is 0 Å². The molecule has 0 saturated heterocycles. The molecule has 1 unspecified atom stereocenters. The van der Waals surface area contributed by atoms with Crippen molar-refractivity contribution in [2.75, 3.05) is 6.54 Å². The maximum Gasteiger partial charge on any atom is 0.161 e. The fourth-order valence-corrected chi connectivity index (χ4v) is 3.84. The quantitative estimate of drug-likeness (QED) is 0.519. The van der Waals surface area contributed by atoms with E-state index in [1.165, 1.54) is 6.07 Å². The molecule has 0 spiro atoms. The van der Waals surface area contributed by atoms with Gasteiger partial charge >= 0.3 is 0 Å². The molecule has 7 heteroatoms. The third-order valence-electron chi connectivity index (χ3n) is 5.16. The highest BCUT2D eigenvalue weighted by atomic mass is 19.2. The van der Waals surface area contributed by atoms with Gasteiger partial charge in [0.1, 0.15) is 5.82 Å². The molecule has 0 bridgehead atoms. The van der Waals surface area contributed by atoms with E-state index in [1.807, 2.05) is 27.8 Å². The van der Waals surface area contributed by atoms with Gasteiger partial charge in [0.05, 0.1) is 6.04 Å². The van der Waals surface area contributed by atoms with Gasteiger partial charge in [0, 0.05) is 48.7 Å². The van der Waals surface area contributed by atoms with E-state index < -0.39 is 23.5 Å². The van der Waals surface area contributed by atoms with E-state index in [4.69, 9.17) is 0 Å². The Kier molecular flexibility index (Phi) is 4.77. The number of fused-ring (bicyclic) bond motifs is 1. The lowest BCUT2D eigenvalue weighted by Gasteiger charge is -2.31. The number of hydrogen-bond donors (Lipinski definition) is 2. The van der Waals surface area contributed by atoms with E-state index >= 15 is 0 Å². The minimum Gasteiger partial charge on any atom is -0.504 e. The summed E-state index contributed by atoms with van der Waals surface area (Å²) < 4.78 is 44.1. The molecule has 1 aliphatic heterocycles. The number of rotatable bonds is 3. The molecule has 28 heavy (non-hydrogen) atoms. The number of aryl methyl sites for hydroxylation is 1. The zero-order valence-corrected chi connectivity index (χ0v) is 14.9. The van der Waals surface area contributed by atoms with E-state index in [2.05, 4.69) is 0 Å². The summed E-state index contributed by atoms with van der Waals surface area (Å²) in [4.78, 5) is 1.89. The number of phenolic OH excluding ortho intramolecular Hbond substituents is 2. The lowest BCUT2D eigenvalue weighted by Crippen LogP contribution is -2.30. The van der Waals surface area contributed by atoms with Crippen molar-refractivity contribution in [1.82, 2.24) is 9.47 Å². The number of nitrogens with zero attached hydrogens (tertiary/aromatic N) is 2. The molecule has 2 heterocycles. The van der Waals surface area contributed by atoms with Gasteiger partial charge in [0.15, 0.2) is 23.1 Å². The van der Waals surface area contributed by atoms with Crippen LogP contribution in [0.2, 0.25) is 0 Å². The van der Waals surface area contributed by atoms with E-state index in [0.717, 1.165) is 18.2 Å². The minimum atomic E-state index is -1.23. The van der Waals surface area contributed by atoms with Crippen LogP contribution in [0.25, 0.3) is 0 Å². The second kappa shape index (κ2) is 7.24. The van der Waals surface area contributed by atoms with Crippen molar-refractivity contribution in [2.24, 2.45) is 0 Å². The molecule has 4 rings (SSSR count). The smallest absolute Gasteiger partial charge is 0.161 e. The predicted molar refractivity (Wildman–Crippen MR) is 97.4 cm³/mol. The van der Waals surface area contributed by atoms with Crippen molar-refractivity contribution in [3.8, 4) is 11.5 Å². The maximum absolute atomic E-state index is 14.7. The Morgan fingerprint density at radius 2 is 1.71 bits per heavy atom. The van der Waals surface area contributed by atoms with Gasteiger partial charge in [-0.3, -0.25) is 4.90 Å². The van der Waals surface area contributed by atoms with E-state index in [1.54, 1.807) is 12.1 Å². The molecule has 1 aromatic heterocycles. The number of phenols is 2. The number of hydrogen-bond acceptors (Lipinski definition) is 3. The molecule has 0 aliphatic carbocycles. The molecule has 3 aromatic rings. The zero-order chi connectivity index (χ0) is 19.8. The molecule has 1 atom stereocenters. The topological polar surface area (TPSA) is 48.6 Å². The van der Waals surface area contributed by atoms with Crippen LogP contribution in [0.15, 0.2) is 48.7 Å². The van der Waals surface area contributed by atoms with Crippen LogP contribution < -0.4 is 0 Å². The fourth-order valence-electron chi connectivity index (χ4n) is 3.84. The summed E-state index contributed by atoms with van der Waals surface area (Å²) >= 11 is 0. The van der Waals surface area contributed by atoms with Gasteiger partial charge in [-0.1, -0.05) is 12.1 Å². The van der Waals surface area contributed by atoms with Crippen LogP contribution in [0.5, 0.6) is 11.5 Å². The second-order valence-electron chi connectivity index (χ2n) is 6.93. The summed E-state index contributed by atoms with van der Waals surface area (Å²) in [6.45, 7) is 1.45. The Morgan fingerprint density at radius 3 is 2.54 bits per heavy atom. The van der Waals surface area contributed by atoms with Crippen LogP contribution >= 0.6 is 0 Å². The first-order chi connectivity index (χ1) is 13.5. The van der Waals surface area contributed by atoms with E-state index in [0.29, 0.717) is 24.7 Å². The lowest BCUT2D eigenvalue weighted by molar-refractivity contribution is 0.212. The van der Waals surface area contributed by atoms with Crippen LogP contribution in [-0.4, -0.2) is 26.2 Å². The van der Waals surface area contributed by atoms with Gasteiger partial charge in [-0.05, 0) is 30.7 Å². The molecular weight excluding hydrogens is 369 g/mol. The summed E-state index contributed by atoms with van der Waals surface area (Å²) in [5, 5.41) is 20.0. The Bertz CT molecular complexity index is 1020. The molecule has 0 fully saturated rings. The largest absolute Gasteiger partial charge is 0.504 e. The highest BCUT2D eigenvalue weighted by molar-refractivity contribution is 5.44. The number of halogens is 3. The number of aromatic nitrogens is 1. The Hall–Kier alpha value is -2.93. The highest BCUT2D eigenvalue weighted by Crippen LogP contribution is 2.37. The van der Waals surface area contributed by atoms with Crippen LogP contribution in [0.1, 0.15) is 29.3 Å². The number of aromatic hydroxyl groups is 2. The monoisotopic (exact) mass is 388 g/mol. The average Bonchev–Trinajstić information content (AvgIpc) is 3.04. The van der Waals surface area contributed by atoms with Crippen molar-refractivity contribution < 1.29 is 23.4 Å². The molecule has 1 aliphatic rings. The molecule has 2 aromatic carbocycles. The van der Waals surface area contributed by atoms with Gasteiger partial charge in [0.2, 0.25) is 0 Å². The van der Waals surface area contributed by atoms with Gasteiger partial charge in [-0.25, -0.2) is 13.2 Å². The number of para-hydroxylation sites is 1. The first-order valence-corrected chi connectivity index (χ1v) is 8.99.